The van der Waals surface area contributed by atoms with E-state index in [1.54, 1.807) is 26.0 Å². The Morgan fingerprint density at radius 3 is 2.94 bits per heavy atom. The molecule has 17 heavy (non-hydrogen) atoms. The van der Waals surface area contributed by atoms with E-state index in [-0.39, 0.29) is 18.2 Å². The summed E-state index contributed by atoms with van der Waals surface area (Å²) in [6, 6.07) is 0. The normalized spacial score (nSPS) is 10.8. The summed E-state index contributed by atoms with van der Waals surface area (Å²) in [5.74, 6) is -0.504. The van der Waals surface area contributed by atoms with Crippen molar-refractivity contribution < 1.29 is 9.53 Å². The van der Waals surface area contributed by atoms with Crippen molar-refractivity contribution in [1.82, 2.24) is 9.78 Å². The number of hydrogen-bond donors (Lipinski definition) is 0. The van der Waals surface area contributed by atoms with E-state index in [0.717, 1.165) is 4.68 Å². The second-order valence-electron chi connectivity index (χ2n) is 3.17. The maximum atomic E-state index is 11.9. The standard InChI is InChI=1S/C11H13ClN2O3/c1-3-5-8-9(12)6-13-14(11(8)16)7-10(15)17-4-2/h3,5-6H,4,7H2,1-2H3/b5-3+. The number of esters is 1. The number of carbonyl (C=O) groups is 1. The fraction of sp³-hybridized carbons (Fsp3) is 0.364. The van der Waals surface area contributed by atoms with Crippen molar-refractivity contribution in [2.75, 3.05) is 6.61 Å². The van der Waals surface area contributed by atoms with E-state index < -0.39 is 11.5 Å². The minimum Gasteiger partial charge on any atom is -0.465 e. The molecular weight excluding hydrogens is 244 g/mol. The molecule has 0 aromatic carbocycles. The molecule has 0 radical (unpaired) electrons. The number of halogens is 1. The highest BCUT2D eigenvalue weighted by molar-refractivity contribution is 6.31. The van der Waals surface area contributed by atoms with E-state index in [1.807, 2.05) is 0 Å². The van der Waals surface area contributed by atoms with Crippen molar-refractivity contribution in [1.29, 1.82) is 0 Å². The van der Waals surface area contributed by atoms with Crippen molar-refractivity contribution >= 4 is 23.6 Å². The third-order valence-corrected chi connectivity index (χ3v) is 2.25. The molecular formula is C11H13ClN2O3. The van der Waals surface area contributed by atoms with Crippen LogP contribution in [0.1, 0.15) is 19.4 Å². The molecule has 0 N–H and O–H groups in total. The van der Waals surface area contributed by atoms with Gasteiger partial charge in [-0.3, -0.25) is 9.59 Å². The number of rotatable bonds is 4. The topological polar surface area (TPSA) is 61.2 Å². The van der Waals surface area contributed by atoms with Gasteiger partial charge in [0.05, 0.1) is 23.4 Å². The molecule has 0 atom stereocenters. The van der Waals surface area contributed by atoms with Crippen LogP contribution in [0.25, 0.3) is 6.08 Å². The Kier molecular flexibility index (Phi) is 4.90. The minimum atomic E-state index is -0.504. The van der Waals surface area contributed by atoms with Gasteiger partial charge in [-0.2, -0.15) is 5.10 Å². The first-order valence-electron chi connectivity index (χ1n) is 5.14. The average Bonchev–Trinajstić information content (AvgIpc) is 2.29. The van der Waals surface area contributed by atoms with Gasteiger partial charge in [0.15, 0.2) is 0 Å². The quantitative estimate of drug-likeness (QED) is 0.766. The number of allylic oxidation sites excluding steroid dienone is 1. The lowest BCUT2D eigenvalue weighted by Crippen LogP contribution is -2.29. The van der Waals surface area contributed by atoms with Crippen LogP contribution in [-0.4, -0.2) is 22.4 Å². The Balaban J connectivity index is 3.07. The molecule has 1 heterocycles. The largest absolute Gasteiger partial charge is 0.465 e. The number of carbonyl (C=O) groups excluding carboxylic acids is 1. The predicted molar refractivity (Wildman–Crippen MR) is 64.8 cm³/mol. The van der Waals surface area contributed by atoms with Crippen molar-refractivity contribution in [2.45, 2.75) is 20.4 Å². The van der Waals surface area contributed by atoms with Crippen LogP contribution < -0.4 is 5.56 Å². The van der Waals surface area contributed by atoms with E-state index in [1.165, 1.54) is 6.20 Å². The average molecular weight is 257 g/mol. The highest BCUT2D eigenvalue weighted by Crippen LogP contribution is 2.10. The van der Waals surface area contributed by atoms with E-state index in [9.17, 15) is 9.59 Å². The van der Waals surface area contributed by atoms with Crippen LogP contribution in [0.15, 0.2) is 17.1 Å². The van der Waals surface area contributed by atoms with Gasteiger partial charge in [0.2, 0.25) is 0 Å². The van der Waals surface area contributed by atoms with Gasteiger partial charge in [0.25, 0.3) is 5.56 Å². The Hall–Kier alpha value is -1.62. The van der Waals surface area contributed by atoms with Crippen LogP contribution in [0.5, 0.6) is 0 Å². The SMILES string of the molecule is C/C=C/c1c(Cl)cnn(CC(=O)OCC)c1=O. The first kappa shape index (κ1) is 13.4. The molecule has 5 nitrogen and oxygen atoms in total. The summed E-state index contributed by atoms with van der Waals surface area (Å²) in [7, 11) is 0. The van der Waals surface area contributed by atoms with Crippen LogP contribution in [0, 0.1) is 0 Å². The smallest absolute Gasteiger partial charge is 0.327 e. The molecule has 0 amide bonds. The third-order valence-electron chi connectivity index (χ3n) is 1.95. The maximum absolute atomic E-state index is 11.9. The lowest BCUT2D eigenvalue weighted by Gasteiger charge is -2.05. The summed E-state index contributed by atoms with van der Waals surface area (Å²) < 4.78 is 5.77. The monoisotopic (exact) mass is 256 g/mol. The van der Waals surface area contributed by atoms with Crippen LogP contribution in [0.2, 0.25) is 5.02 Å². The molecule has 1 aromatic heterocycles. The fourth-order valence-electron chi connectivity index (χ4n) is 1.24. The number of hydrogen-bond acceptors (Lipinski definition) is 4. The van der Waals surface area contributed by atoms with E-state index >= 15 is 0 Å². The summed E-state index contributed by atoms with van der Waals surface area (Å²) in [5, 5.41) is 4.04. The van der Waals surface area contributed by atoms with E-state index in [4.69, 9.17) is 16.3 Å². The first-order chi connectivity index (χ1) is 8.10. The zero-order valence-electron chi connectivity index (χ0n) is 9.64. The molecule has 0 spiro atoms. The second kappa shape index (κ2) is 6.20. The summed E-state index contributed by atoms with van der Waals surface area (Å²) in [5.41, 5.74) is -0.0999. The Labute approximate surface area is 104 Å². The second-order valence-corrected chi connectivity index (χ2v) is 3.58. The number of nitrogens with zero attached hydrogens (tertiary/aromatic N) is 2. The van der Waals surface area contributed by atoms with Gasteiger partial charge in [0, 0.05) is 0 Å². The highest BCUT2D eigenvalue weighted by Gasteiger charge is 2.10. The number of ether oxygens (including phenoxy) is 1. The van der Waals surface area contributed by atoms with Gasteiger partial charge >= 0.3 is 5.97 Å². The van der Waals surface area contributed by atoms with E-state index in [0.29, 0.717) is 5.56 Å². The van der Waals surface area contributed by atoms with Crippen molar-refractivity contribution in [3.63, 3.8) is 0 Å². The van der Waals surface area contributed by atoms with Crippen LogP contribution in [0.4, 0.5) is 0 Å². The molecule has 0 aliphatic carbocycles. The maximum Gasteiger partial charge on any atom is 0.327 e. The highest BCUT2D eigenvalue weighted by atomic mass is 35.5. The van der Waals surface area contributed by atoms with Crippen LogP contribution in [0.3, 0.4) is 0 Å². The van der Waals surface area contributed by atoms with E-state index in [2.05, 4.69) is 5.10 Å². The first-order valence-corrected chi connectivity index (χ1v) is 5.51. The molecule has 1 rings (SSSR count). The molecule has 0 fully saturated rings. The summed E-state index contributed by atoms with van der Waals surface area (Å²) in [4.78, 5) is 23.1. The summed E-state index contributed by atoms with van der Waals surface area (Å²) in [6.45, 7) is 3.52. The Bertz CT molecular complexity index is 494. The molecule has 6 heteroatoms. The molecule has 0 aliphatic heterocycles. The zero-order valence-corrected chi connectivity index (χ0v) is 10.4. The Morgan fingerprint density at radius 2 is 2.35 bits per heavy atom. The molecule has 92 valence electrons. The van der Waals surface area contributed by atoms with Gasteiger partial charge in [-0.15, -0.1) is 0 Å². The van der Waals surface area contributed by atoms with Gasteiger partial charge in [0.1, 0.15) is 6.54 Å². The van der Waals surface area contributed by atoms with Crippen molar-refractivity contribution in [3.05, 3.63) is 33.2 Å². The van der Waals surface area contributed by atoms with Gasteiger partial charge in [-0.25, -0.2) is 4.68 Å². The third kappa shape index (κ3) is 3.42. The van der Waals surface area contributed by atoms with Gasteiger partial charge in [-0.05, 0) is 13.8 Å². The fourth-order valence-corrected chi connectivity index (χ4v) is 1.43. The van der Waals surface area contributed by atoms with Crippen LogP contribution >= 0.6 is 11.6 Å². The van der Waals surface area contributed by atoms with Gasteiger partial charge < -0.3 is 4.74 Å². The Morgan fingerprint density at radius 1 is 1.65 bits per heavy atom. The summed E-state index contributed by atoms with van der Waals surface area (Å²) in [6.07, 6.45) is 4.60. The molecule has 0 unspecified atom stereocenters. The van der Waals surface area contributed by atoms with Crippen molar-refractivity contribution in [2.24, 2.45) is 0 Å². The molecule has 1 aromatic rings. The number of aromatic nitrogens is 2. The minimum absolute atomic E-state index is 0.214. The molecule has 0 saturated carbocycles. The molecule has 0 aliphatic rings. The molecule has 0 bridgehead atoms. The molecule has 0 saturated heterocycles. The van der Waals surface area contributed by atoms with Gasteiger partial charge in [-0.1, -0.05) is 23.8 Å². The van der Waals surface area contributed by atoms with Crippen LogP contribution in [-0.2, 0) is 16.1 Å². The van der Waals surface area contributed by atoms with Crippen molar-refractivity contribution in [3.8, 4) is 0 Å². The lowest BCUT2D eigenvalue weighted by molar-refractivity contribution is -0.144. The predicted octanol–water partition coefficient (Wildman–Crippen LogP) is 1.49. The lowest BCUT2D eigenvalue weighted by atomic mass is 10.3. The summed E-state index contributed by atoms with van der Waals surface area (Å²) >= 11 is 5.83. The zero-order chi connectivity index (χ0) is 12.8.